The van der Waals surface area contributed by atoms with Gasteiger partial charge in [-0.05, 0) is 19.3 Å². The first-order chi connectivity index (χ1) is 6.93. The van der Waals surface area contributed by atoms with Gasteiger partial charge in [0, 0.05) is 18.1 Å². The highest BCUT2D eigenvalue weighted by Crippen LogP contribution is 2.09. The van der Waals surface area contributed by atoms with Gasteiger partial charge in [-0.15, -0.1) is 0 Å². The molecular formula is C9H12O6. The number of aliphatic carboxylic acids is 3. The monoisotopic (exact) mass is 216 g/mol. The van der Waals surface area contributed by atoms with E-state index in [0.29, 0.717) is 18.9 Å². The molecule has 0 aromatic rings. The van der Waals surface area contributed by atoms with Crippen molar-refractivity contribution in [1.82, 2.24) is 0 Å². The Morgan fingerprint density at radius 2 is 1.47 bits per heavy atom. The molecule has 0 spiro atoms. The third-order valence-electron chi connectivity index (χ3n) is 1.66. The molecule has 0 aliphatic carbocycles. The fraction of sp³-hybridized carbons (Fsp3) is 0.444. The number of carboxylic acid groups (broad SMARTS) is 3. The molecule has 0 aromatic heterocycles. The van der Waals surface area contributed by atoms with Gasteiger partial charge in [0.1, 0.15) is 0 Å². The SMILES string of the molecule is O=C(O)/C=C(\CCCCC(=O)O)C(=O)O. The third kappa shape index (κ3) is 7.24. The fourth-order valence-corrected chi connectivity index (χ4v) is 0.982. The summed E-state index contributed by atoms with van der Waals surface area (Å²) in [6.45, 7) is 0. The summed E-state index contributed by atoms with van der Waals surface area (Å²) in [5.74, 6) is -3.55. The predicted molar refractivity (Wildman–Crippen MR) is 49.5 cm³/mol. The second-order valence-electron chi connectivity index (χ2n) is 2.91. The number of rotatable bonds is 7. The summed E-state index contributed by atoms with van der Waals surface area (Å²) in [5.41, 5.74) is -0.215. The van der Waals surface area contributed by atoms with Crippen LogP contribution in [0.5, 0.6) is 0 Å². The largest absolute Gasteiger partial charge is 0.481 e. The van der Waals surface area contributed by atoms with Crippen molar-refractivity contribution >= 4 is 17.9 Å². The summed E-state index contributed by atoms with van der Waals surface area (Å²) in [7, 11) is 0. The van der Waals surface area contributed by atoms with Crippen LogP contribution in [0.4, 0.5) is 0 Å². The van der Waals surface area contributed by atoms with E-state index in [-0.39, 0.29) is 18.4 Å². The van der Waals surface area contributed by atoms with Crippen LogP contribution in [0.25, 0.3) is 0 Å². The van der Waals surface area contributed by atoms with Crippen molar-refractivity contribution in [3.05, 3.63) is 11.6 Å². The molecule has 6 nitrogen and oxygen atoms in total. The maximum Gasteiger partial charge on any atom is 0.331 e. The molecule has 0 aromatic carbocycles. The first kappa shape index (κ1) is 13.2. The summed E-state index contributed by atoms with van der Waals surface area (Å²) < 4.78 is 0. The highest BCUT2D eigenvalue weighted by molar-refractivity contribution is 5.94. The van der Waals surface area contributed by atoms with Crippen LogP contribution in [0.3, 0.4) is 0 Å². The average Bonchev–Trinajstić information content (AvgIpc) is 2.08. The lowest BCUT2D eigenvalue weighted by molar-refractivity contribution is -0.137. The number of carboxylic acids is 3. The van der Waals surface area contributed by atoms with Crippen LogP contribution in [-0.4, -0.2) is 33.2 Å². The minimum atomic E-state index is -1.31. The molecule has 6 heteroatoms. The van der Waals surface area contributed by atoms with Gasteiger partial charge in [0.15, 0.2) is 0 Å². The molecule has 0 fully saturated rings. The first-order valence-corrected chi connectivity index (χ1v) is 4.32. The Labute approximate surface area is 85.8 Å². The van der Waals surface area contributed by atoms with E-state index in [0.717, 1.165) is 0 Å². The van der Waals surface area contributed by atoms with Gasteiger partial charge >= 0.3 is 17.9 Å². The van der Waals surface area contributed by atoms with Crippen LogP contribution in [0.1, 0.15) is 25.7 Å². The Hall–Kier alpha value is -1.85. The second-order valence-corrected chi connectivity index (χ2v) is 2.91. The minimum Gasteiger partial charge on any atom is -0.481 e. The molecule has 0 aliphatic heterocycles. The maximum atomic E-state index is 10.5. The number of hydrogen-bond acceptors (Lipinski definition) is 3. The third-order valence-corrected chi connectivity index (χ3v) is 1.66. The van der Waals surface area contributed by atoms with Crippen LogP contribution in [-0.2, 0) is 14.4 Å². The molecule has 0 aliphatic rings. The van der Waals surface area contributed by atoms with Crippen LogP contribution >= 0.6 is 0 Å². The molecule has 0 saturated heterocycles. The standard InChI is InChI=1S/C9H12O6/c10-7(11)4-2-1-3-6(9(14)15)5-8(12)13/h5H,1-4H2,(H,10,11)(H,12,13)(H,14,15)/b6-5+. The highest BCUT2D eigenvalue weighted by Gasteiger charge is 2.09. The summed E-state index contributed by atoms with van der Waals surface area (Å²) in [5, 5.41) is 25.2. The summed E-state index contributed by atoms with van der Waals surface area (Å²) in [6.07, 6.45) is 1.33. The Bertz CT molecular complexity index is 291. The normalized spacial score (nSPS) is 11.1. The molecule has 0 heterocycles. The van der Waals surface area contributed by atoms with Crippen molar-refractivity contribution in [2.45, 2.75) is 25.7 Å². The Morgan fingerprint density at radius 3 is 1.87 bits per heavy atom. The van der Waals surface area contributed by atoms with Crippen molar-refractivity contribution in [3.63, 3.8) is 0 Å². The van der Waals surface area contributed by atoms with Gasteiger partial charge in [-0.2, -0.15) is 0 Å². The van der Waals surface area contributed by atoms with Crippen molar-refractivity contribution in [2.24, 2.45) is 0 Å². The van der Waals surface area contributed by atoms with Crippen molar-refractivity contribution < 1.29 is 29.7 Å². The summed E-state index contributed by atoms with van der Waals surface area (Å²) in [4.78, 5) is 30.9. The van der Waals surface area contributed by atoms with Crippen molar-refractivity contribution in [2.75, 3.05) is 0 Å². The second kappa shape index (κ2) is 6.58. The number of hydrogen-bond donors (Lipinski definition) is 3. The number of carbonyl (C=O) groups is 3. The molecule has 0 bridgehead atoms. The number of unbranched alkanes of at least 4 members (excludes halogenated alkanes) is 1. The van der Waals surface area contributed by atoms with Crippen molar-refractivity contribution in [3.8, 4) is 0 Å². The van der Waals surface area contributed by atoms with E-state index in [4.69, 9.17) is 15.3 Å². The predicted octanol–water partition coefficient (Wildman–Crippen LogP) is 0.727. The first-order valence-electron chi connectivity index (χ1n) is 4.32. The van der Waals surface area contributed by atoms with Gasteiger partial charge in [0.25, 0.3) is 0 Å². The molecule has 3 N–H and O–H groups in total. The van der Waals surface area contributed by atoms with E-state index >= 15 is 0 Å². The van der Waals surface area contributed by atoms with Gasteiger partial charge in [-0.3, -0.25) is 4.79 Å². The van der Waals surface area contributed by atoms with Crippen LogP contribution in [0, 0.1) is 0 Å². The van der Waals surface area contributed by atoms with E-state index < -0.39 is 17.9 Å². The van der Waals surface area contributed by atoms with E-state index in [1.165, 1.54) is 0 Å². The van der Waals surface area contributed by atoms with Crippen LogP contribution in [0.15, 0.2) is 11.6 Å². The Kier molecular flexibility index (Phi) is 5.77. The molecule has 84 valence electrons. The summed E-state index contributed by atoms with van der Waals surface area (Å²) in [6, 6.07) is 0. The highest BCUT2D eigenvalue weighted by atomic mass is 16.4. The van der Waals surface area contributed by atoms with Crippen LogP contribution in [0.2, 0.25) is 0 Å². The lowest BCUT2D eigenvalue weighted by Gasteiger charge is -2.00. The molecular weight excluding hydrogens is 204 g/mol. The van der Waals surface area contributed by atoms with Gasteiger partial charge in [0.05, 0.1) is 0 Å². The van der Waals surface area contributed by atoms with Gasteiger partial charge in [0.2, 0.25) is 0 Å². The molecule has 0 saturated carbocycles. The lowest BCUT2D eigenvalue weighted by atomic mass is 10.1. The minimum absolute atomic E-state index is 0.0417. The zero-order chi connectivity index (χ0) is 11.8. The molecule has 15 heavy (non-hydrogen) atoms. The van der Waals surface area contributed by atoms with Crippen LogP contribution < -0.4 is 0 Å². The zero-order valence-corrected chi connectivity index (χ0v) is 7.97. The van der Waals surface area contributed by atoms with Crippen molar-refractivity contribution in [1.29, 1.82) is 0 Å². The quantitative estimate of drug-likeness (QED) is 0.427. The van der Waals surface area contributed by atoms with E-state index in [1.807, 2.05) is 0 Å². The zero-order valence-electron chi connectivity index (χ0n) is 7.97. The molecule has 0 atom stereocenters. The van der Waals surface area contributed by atoms with E-state index in [2.05, 4.69) is 0 Å². The maximum absolute atomic E-state index is 10.5. The molecule has 0 rings (SSSR count). The van der Waals surface area contributed by atoms with Gasteiger partial charge < -0.3 is 15.3 Å². The topological polar surface area (TPSA) is 112 Å². The fourth-order valence-electron chi connectivity index (χ4n) is 0.982. The molecule has 0 amide bonds. The van der Waals surface area contributed by atoms with Gasteiger partial charge in [-0.25, -0.2) is 9.59 Å². The summed E-state index contributed by atoms with van der Waals surface area (Å²) >= 11 is 0. The Balaban J connectivity index is 4.04. The molecule has 0 unspecified atom stereocenters. The average molecular weight is 216 g/mol. The lowest BCUT2D eigenvalue weighted by Crippen LogP contribution is -2.04. The van der Waals surface area contributed by atoms with E-state index in [1.54, 1.807) is 0 Å². The Morgan fingerprint density at radius 1 is 0.933 bits per heavy atom. The van der Waals surface area contributed by atoms with Gasteiger partial charge in [-0.1, -0.05) is 0 Å². The molecule has 0 radical (unpaired) electrons. The smallest absolute Gasteiger partial charge is 0.331 e. The van der Waals surface area contributed by atoms with E-state index in [9.17, 15) is 14.4 Å².